The van der Waals surface area contributed by atoms with Crippen LogP contribution in [0, 0.1) is 17.8 Å². The zero-order valence-electron chi connectivity index (χ0n) is 9.30. The predicted molar refractivity (Wildman–Crippen MR) is 57.2 cm³/mol. The predicted octanol–water partition coefficient (Wildman–Crippen LogP) is 4.27. The van der Waals surface area contributed by atoms with Gasteiger partial charge in [0, 0.05) is 0 Å². The summed E-state index contributed by atoms with van der Waals surface area (Å²) in [6.45, 7) is 10.9. The molecule has 0 fully saturated rings. The highest BCUT2D eigenvalue weighted by Crippen LogP contribution is 2.30. The molecule has 1 aliphatic carbocycles. The number of rotatable bonds is 2. The van der Waals surface area contributed by atoms with Crippen LogP contribution in [0.4, 0.5) is 0 Å². The maximum absolute atomic E-state index is 2.40. The van der Waals surface area contributed by atoms with Crippen molar-refractivity contribution in [3.8, 4) is 0 Å². The maximum Gasteiger partial charge on any atom is -0.0205 e. The van der Waals surface area contributed by atoms with E-state index < -0.39 is 0 Å². The third kappa shape index (κ3) is 3.42. The second-order valence-electron chi connectivity index (χ2n) is 3.70. The van der Waals surface area contributed by atoms with E-state index in [4.69, 9.17) is 0 Å². The molecule has 0 aliphatic heterocycles. The minimum Gasteiger partial charge on any atom is -0.0851 e. The van der Waals surface area contributed by atoms with Gasteiger partial charge in [-0.15, -0.1) is 0 Å². The lowest BCUT2D eigenvalue weighted by molar-refractivity contribution is 0.410. The van der Waals surface area contributed by atoms with Crippen molar-refractivity contribution in [2.24, 2.45) is 17.8 Å². The normalized spacial score (nSPS) is 27.2. The highest BCUT2D eigenvalue weighted by molar-refractivity contribution is 5.02. The third-order valence-corrected chi connectivity index (χ3v) is 2.59. The molecule has 0 N–H and O–H groups in total. The molecule has 2 atom stereocenters. The molecule has 0 amide bonds. The first-order chi connectivity index (χ1) is 5.74. The van der Waals surface area contributed by atoms with Crippen molar-refractivity contribution in [3.63, 3.8) is 0 Å². The average Bonchev–Trinajstić information content (AvgIpc) is 2.55. The Kier molecular flexibility index (Phi) is 6.14. The van der Waals surface area contributed by atoms with Gasteiger partial charge in [0.2, 0.25) is 0 Å². The van der Waals surface area contributed by atoms with Gasteiger partial charge in [-0.25, -0.2) is 0 Å². The fourth-order valence-corrected chi connectivity index (χ4v) is 1.60. The second-order valence-corrected chi connectivity index (χ2v) is 3.70. The number of hydrogen-bond donors (Lipinski definition) is 0. The molecule has 2 unspecified atom stereocenters. The van der Waals surface area contributed by atoms with Gasteiger partial charge >= 0.3 is 0 Å². The summed E-state index contributed by atoms with van der Waals surface area (Å²) >= 11 is 0. The molecule has 0 nitrogen and oxygen atoms in total. The van der Waals surface area contributed by atoms with Gasteiger partial charge in [-0.3, -0.25) is 0 Å². The van der Waals surface area contributed by atoms with Crippen LogP contribution in [-0.4, -0.2) is 0 Å². The first-order valence-corrected chi connectivity index (χ1v) is 5.42. The molecule has 0 aromatic carbocycles. The fourth-order valence-electron chi connectivity index (χ4n) is 1.60. The maximum atomic E-state index is 2.40. The Bertz CT molecular complexity index is 122. The van der Waals surface area contributed by atoms with E-state index in [1.807, 2.05) is 13.8 Å². The monoisotopic (exact) mass is 168 g/mol. The highest BCUT2D eigenvalue weighted by atomic mass is 14.2. The molecule has 0 aromatic heterocycles. The van der Waals surface area contributed by atoms with Crippen molar-refractivity contribution < 1.29 is 0 Å². The minimum atomic E-state index is 0.841. The molecule has 1 aliphatic rings. The summed E-state index contributed by atoms with van der Waals surface area (Å²) in [6.07, 6.45) is 7.51. The van der Waals surface area contributed by atoms with Crippen LogP contribution < -0.4 is 0 Å². The third-order valence-electron chi connectivity index (χ3n) is 2.59. The van der Waals surface area contributed by atoms with Crippen molar-refractivity contribution in [2.75, 3.05) is 0 Å². The van der Waals surface area contributed by atoms with Gasteiger partial charge in [0.15, 0.2) is 0 Å². The van der Waals surface area contributed by atoms with Crippen molar-refractivity contribution >= 4 is 0 Å². The van der Waals surface area contributed by atoms with E-state index in [1.165, 1.54) is 12.8 Å². The Hall–Kier alpha value is -0.260. The molecular weight excluding hydrogens is 144 g/mol. The van der Waals surface area contributed by atoms with E-state index in [0.717, 1.165) is 17.8 Å². The Balaban J connectivity index is 0.000000561. The summed E-state index contributed by atoms with van der Waals surface area (Å²) in [5.41, 5.74) is 0. The number of allylic oxidation sites excluding steroid dienone is 2. The van der Waals surface area contributed by atoms with Crippen LogP contribution in [0.5, 0.6) is 0 Å². The SMILES string of the molecule is CC.CCC1C=CC(C(C)C)C1. The first-order valence-electron chi connectivity index (χ1n) is 5.42. The fraction of sp³-hybridized carbons (Fsp3) is 0.833. The Morgan fingerprint density at radius 2 is 1.83 bits per heavy atom. The standard InChI is InChI=1S/C10H18.C2H6/c1-4-9-5-6-10(7-9)8(2)3;1-2/h5-6,8-10H,4,7H2,1-3H3;1-2H3. The summed E-state index contributed by atoms with van der Waals surface area (Å²) in [4.78, 5) is 0. The molecule has 0 heteroatoms. The van der Waals surface area contributed by atoms with Gasteiger partial charge in [0.1, 0.15) is 0 Å². The smallest absolute Gasteiger partial charge is 0.0205 e. The van der Waals surface area contributed by atoms with E-state index in [0.29, 0.717) is 0 Å². The second kappa shape index (κ2) is 6.28. The van der Waals surface area contributed by atoms with Gasteiger partial charge in [0.25, 0.3) is 0 Å². The average molecular weight is 168 g/mol. The van der Waals surface area contributed by atoms with Gasteiger partial charge in [-0.05, 0) is 30.6 Å². The zero-order chi connectivity index (χ0) is 9.56. The quantitative estimate of drug-likeness (QED) is 0.540. The van der Waals surface area contributed by atoms with Gasteiger partial charge in [-0.1, -0.05) is 46.8 Å². The topological polar surface area (TPSA) is 0 Å². The lowest BCUT2D eigenvalue weighted by atomic mass is 9.92. The lowest BCUT2D eigenvalue weighted by Crippen LogP contribution is -2.04. The largest absolute Gasteiger partial charge is 0.0851 e. The Morgan fingerprint density at radius 1 is 1.25 bits per heavy atom. The summed E-state index contributed by atoms with van der Waals surface area (Å²) in [5, 5.41) is 0. The van der Waals surface area contributed by atoms with E-state index in [9.17, 15) is 0 Å². The van der Waals surface area contributed by atoms with Crippen molar-refractivity contribution in [3.05, 3.63) is 12.2 Å². The molecule has 0 saturated carbocycles. The molecule has 0 heterocycles. The van der Waals surface area contributed by atoms with E-state index in [2.05, 4.69) is 32.9 Å². The molecule has 12 heavy (non-hydrogen) atoms. The number of hydrogen-bond acceptors (Lipinski definition) is 0. The van der Waals surface area contributed by atoms with Crippen LogP contribution in [0.1, 0.15) is 47.5 Å². The lowest BCUT2D eigenvalue weighted by Gasteiger charge is -2.13. The molecule has 0 saturated heterocycles. The molecule has 1 rings (SSSR count). The van der Waals surface area contributed by atoms with Crippen molar-refractivity contribution in [1.82, 2.24) is 0 Å². The van der Waals surface area contributed by atoms with Gasteiger partial charge in [0.05, 0.1) is 0 Å². The van der Waals surface area contributed by atoms with E-state index in [-0.39, 0.29) is 0 Å². The first kappa shape index (κ1) is 11.7. The molecular formula is C12H24. The van der Waals surface area contributed by atoms with Crippen molar-refractivity contribution in [2.45, 2.75) is 47.5 Å². The summed E-state index contributed by atoms with van der Waals surface area (Å²) in [6, 6.07) is 0. The van der Waals surface area contributed by atoms with Crippen LogP contribution >= 0.6 is 0 Å². The summed E-state index contributed by atoms with van der Waals surface area (Å²) in [7, 11) is 0. The summed E-state index contributed by atoms with van der Waals surface area (Å²) < 4.78 is 0. The molecule has 0 aromatic rings. The van der Waals surface area contributed by atoms with Gasteiger partial charge in [-0.2, -0.15) is 0 Å². The molecule has 0 radical (unpaired) electrons. The Labute approximate surface area is 78.1 Å². The molecule has 72 valence electrons. The zero-order valence-corrected chi connectivity index (χ0v) is 9.30. The minimum absolute atomic E-state index is 0.841. The highest BCUT2D eigenvalue weighted by Gasteiger charge is 2.19. The molecule has 0 spiro atoms. The van der Waals surface area contributed by atoms with Crippen LogP contribution in [-0.2, 0) is 0 Å². The van der Waals surface area contributed by atoms with Crippen LogP contribution in [0.3, 0.4) is 0 Å². The molecule has 0 bridgehead atoms. The Morgan fingerprint density at radius 3 is 2.08 bits per heavy atom. The van der Waals surface area contributed by atoms with Gasteiger partial charge < -0.3 is 0 Å². The van der Waals surface area contributed by atoms with E-state index in [1.54, 1.807) is 0 Å². The van der Waals surface area contributed by atoms with E-state index >= 15 is 0 Å². The van der Waals surface area contributed by atoms with Crippen LogP contribution in [0.25, 0.3) is 0 Å². The van der Waals surface area contributed by atoms with Crippen LogP contribution in [0.15, 0.2) is 12.2 Å². The van der Waals surface area contributed by atoms with Crippen molar-refractivity contribution in [1.29, 1.82) is 0 Å². The summed E-state index contributed by atoms with van der Waals surface area (Å²) in [5.74, 6) is 2.59. The van der Waals surface area contributed by atoms with Crippen LogP contribution in [0.2, 0.25) is 0 Å².